The van der Waals surface area contributed by atoms with E-state index in [-0.39, 0.29) is 36.3 Å². The van der Waals surface area contributed by atoms with Crippen LogP contribution in [0.15, 0.2) is 24.3 Å². The predicted molar refractivity (Wildman–Crippen MR) is 97.8 cm³/mol. The molecule has 0 radical (unpaired) electrons. The third-order valence-corrected chi connectivity index (χ3v) is 5.79. The number of phenolic OH excluding ortho intramolecular Hbond substituents is 1. The third kappa shape index (κ3) is 2.38. The van der Waals surface area contributed by atoms with E-state index in [9.17, 15) is 9.90 Å². The smallest absolute Gasteiger partial charge is 0.231 e. The lowest BCUT2D eigenvalue weighted by molar-refractivity contribution is -0.122. The van der Waals surface area contributed by atoms with Gasteiger partial charge in [-0.15, -0.1) is 0 Å². The summed E-state index contributed by atoms with van der Waals surface area (Å²) in [5.41, 5.74) is 1.68. The molecule has 3 unspecified atom stereocenters. The monoisotopic (exact) mass is 384 g/mol. The van der Waals surface area contributed by atoms with Crippen LogP contribution in [0.4, 0.5) is 0 Å². The fourth-order valence-corrected chi connectivity index (χ4v) is 4.49. The molecule has 28 heavy (non-hydrogen) atoms. The van der Waals surface area contributed by atoms with Gasteiger partial charge in [0.2, 0.25) is 12.5 Å². The number of ketones is 1. The van der Waals surface area contributed by atoms with Crippen LogP contribution in [-0.4, -0.2) is 38.0 Å². The van der Waals surface area contributed by atoms with Gasteiger partial charge < -0.3 is 28.8 Å². The number of phenols is 1. The lowest BCUT2D eigenvalue weighted by Gasteiger charge is -2.36. The second kappa shape index (κ2) is 6.22. The molecule has 3 aliphatic rings. The van der Waals surface area contributed by atoms with E-state index >= 15 is 0 Å². The second-order valence-electron chi connectivity index (χ2n) is 7.18. The Kier molecular flexibility index (Phi) is 3.79. The van der Waals surface area contributed by atoms with E-state index in [1.807, 2.05) is 12.1 Å². The van der Waals surface area contributed by atoms with Gasteiger partial charge in [-0.05, 0) is 30.2 Å². The van der Waals surface area contributed by atoms with Gasteiger partial charge in [-0.25, -0.2) is 0 Å². The van der Waals surface area contributed by atoms with E-state index in [0.717, 1.165) is 11.1 Å². The number of fused-ring (bicyclic) bond motifs is 3. The van der Waals surface area contributed by atoms with Gasteiger partial charge in [0.15, 0.2) is 23.0 Å². The molecule has 1 saturated carbocycles. The van der Waals surface area contributed by atoms with Crippen molar-refractivity contribution in [1.82, 2.24) is 0 Å². The van der Waals surface area contributed by atoms with Gasteiger partial charge in [-0.1, -0.05) is 0 Å². The molecule has 0 amide bonds. The molecule has 2 aromatic rings. The number of aromatic hydroxyl groups is 1. The van der Waals surface area contributed by atoms with Crippen LogP contribution in [0, 0.1) is 5.92 Å². The highest BCUT2D eigenvalue weighted by Crippen LogP contribution is 2.53. The zero-order chi connectivity index (χ0) is 19.4. The number of Topliss-reactive ketones (excluding diaryl/α,β-unsaturated/α-hetero) is 1. The van der Waals surface area contributed by atoms with Crippen molar-refractivity contribution in [2.45, 2.75) is 24.9 Å². The maximum Gasteiger partial charge on any atom is 0.231 e. The molecule has 1 fully saturated rings. The van der Waals surface area contributed by atoms with Crippen LogP contribution < -0.4 is 23.7 Å². The molecule has 0 spiro atoms. The van der Waals surface area contributed by atoms with Gasteiger partial charge in [-0.3, -0.25) is 4.79 Å². The Hall–Kier alpha value is -3.09. The Morgan fingerprint density at radius 3 is 2.36 bits per heavy atom. The third-order valence-electron chi connectivity index (χ3n) is 5.79. The van der Waals surface area contributed by atoms with E-state index in [4.69, 9.17) is 23.7 Å². The second-order valence-corrected chi connectivity index (χ2v) is 7.18. The zero-order valence-corrected chi connectivity index (χ0v) is 15.6. The summed E-state index contributed by atoms with van der Waals surface area (Å²) in [6.45, 7) is 0.162. The minimum Gasteiger partial charge on any atom is -0.502 e. The van der Waals surface area contributed by atoms with Crippen molar-refractivity contribution in [2.24, 2.45) is 5.92 Å². The van der Waals surface area contributed by atoms with Crippen LogP contribution in [0.5, 0.6) is 34.5 Å². The van der Waals surface area contributed by atoms with Crippen molar-refractivity contribution in [3.05, 3.63) is 35.4 Å². The molecule has 2 aliphatic heterocycles. The van der Waals surface area contributed by atoms with Crippen molar-refractivity contribution in [1.29, 1.82) is 0 Å². The van der Waals surface area contributed by atoms with Crippen LogP contribution in [0.3, 0.4) is 0 Å². The molecule has 3 atom stereocenters. The fourth-order valence-electron chi connectivity index (χ4n) is 4.49. The molecular formula is C21H20O7. The Balaban J connectivity index is 1.72. The molecule has 2 heterocycles. The lowest BCUT2D eigenvalue weighted by Crippen LogP contribution is -2.35. The molecule has 0 bridgehead atoms. The quantitative estimate of drug-likeness (QED) is 0.871. The Morgan fingerprint density at radius 2 is 1.68 bits per heavy atom. The number of rotatable bonds is 3. The number of ether oxygens (including phenoxy) is 5. The summed E-state index contributed by atoms with van der Waals surface area (Å²) in [7, 11) is 2.97. The highest BCUT2D eigenvalue weighted by Gasteiger charge is 2.48. The molecule has 1 N–H and O–H groups in total. The number of methoxy groups -OCH3 is 2. The maximum atomic E-state index is 12.8. The SMILES string of the molecule is COc1cc(C2c3cc4c(cc3OC3CCC(=O)C32)OCO4)cc(OC)c1O. The minimum absolute atomic E-state index is 0.0685. The Labute approximate surface area is 161 Å². The average Bonchev–Trinajstić information content (AvgIpc) is 3.31. The van der Waals surface area contributed by atoms with E-state index in [0.29, 0.717) is 41.6 Å². The van der Waals surface area contributed by atoms with E-state index < -0.39 is 0 Å². The zero-order valence-electron chi connectivity index (χ0n) is 15.6. The number of benzene rings is 2. The van der Waals surface area contributed by atoms with Crippen LogP contribution in [-0.2, 0) is 4.79 Å². The number of carbonyl (C=O) groups is 1. The van der Waals surface area contributed by atoms with Gasteiger partial charge in [0.05, 0.1) is 20.1 Å². The summed E-state index contributed by atoms with van der Waals surface area (Å²) in [5, 5.41) is 10.3. The minimum atomic E-state index is -0.313. The molecule has 7 nitrogen and oxygen atoms in total. The number of hydrogen-bond acceptors (Lipinski definition) is 7. The summed E-state index contributed by atoms with van der Waals surface area (Å²) in [6.07, 6.45) is 0.968. The molecule has 2 aromatic carbocycles. The molecule has 146 valence electrons. The van der Waals surface area contributed by atoms with Crippen molar-refractivity contribution < 1.29 is 33.6 Å². The number of hydrogen-bond donors (Lipinski definition) is 1. The Morgan fingerprint density at radius 1 is 1.00 bits per heavy atom. The maximum absolute atomic E-state index is 12.8. The summed E-state index contributed by atoms with van der Waals surface area (Å²) in [5.74, 6) is 2.08. The van der Waals surface area contributed by atoms with E-state index in [2.05, 4.69) is 0 Å². The topological polar surface area (TPSA) is 83.5 Å². The molecule has 1 aliphatic carbocycles. The summed E-state index contributed by atoms with van der Waals surface area (Å²) in [4.78, 5) is 12.8. The van der Waals surface area contributed by atoms with Crippen molar-refractivity contribution in [3.63, 3.8) is 0 Å². The number of carbonyl (C=O) groups excluding carboxylic acids is 1. The summed E-state index contributed by atoms with van der Waals surface area (Å²) in [6, 6.07) is 7.23. The Bertz CT molecular complexity index is 942. The predicted octanol–water partition coefficient (Wildman–Crippen LogP) is 3.01. The average molecular weight is 384 g/mol. The molecular weight excluding hydrogens is 364 g/mol. The van der Waals surface area contributed by atoms with Crippen molar-refractivity contribution >= 4 is 5.78 Å². The first-order valence-corrected chi connectivity index (χ1v) is 9.18. The van der Waals surface area contributed by atoms with E-state index in [1.165, 1.54) is 14.2 Å². The van der Waals surface area contributed by atoms with Gasteiger partial charge in [0, 0.05) is 24.0 Å². The van der Waals surface area contributed by atoms with Gasteiger partial charge >= 0.3 is 0 Å². The highest BCUT2D eigenvalue weighted by atomic mass is 16.7. The summed E-state index contributed by atoms with van der Waals surface area (Å²) >= 11 is 0. The van der Waals surface area contributed by atoms with Gasteiger partial charge in [-0.2, -0.15) is 0 Å². The molecule has 5 rings (SSSR count). The van der Waals surface area contributed by atoms with Crippen LogP contribution in [0.1, 0.15) is 29.9 Å². The fraction of sp³-hybridized carbons (Fsp3) is 0.381. The first kappa shape index (κ1) is 17.0. The van der Waals surface area contributed by atoms with Gasteiger partial charge in [0.25, 0.3) is 0 Å². The standard InChI is InChI=1S/C21H20O7/c1-24-17-5-10(6-18(25-2)21(17)23)19-11-7-15-16(27-9-26-15)8-14(11)28-13-4-3-12(22)20(13)19/h5-8,13,19-20,23H,3-4,9H2,1-2H3. The van der Waals surface area contributed by atoms with E-state index in [1.54, 1.807) is 12.1 Å². The van der Waals surface area contributed by atoms with Crippen LogP contribution in [0.2, 0.25) is 0 Å². The van der Waals surface area contributed by atoms with Crippen molar-refractivity contribution in [3.8, 4) is 34.5 Å². The molecule has 0 saturated heterocycles. The summed E-state index contributed by atoms with van der Waals surface area (Å²) < 4.78 is 27.9. The molecule has 0 aromatic heterocycles. The first-order chi connectivity index (χ1) is 13.6. The highest BCUT2D eigenvalue weighted by molar-refractivity contribution is 5.86. The van der Waals surface area contributed by atoms with Crippen molar-refractivity contribution in [2.75, 3.05) is 21.0 Å². The van der Waals surface area contributed by atoms with Crippen LogP contribution in [0.25, 0.3) is 0 Å². The van der Waals surface area contributed by atoms with Crippen LogP contribution >= 0.6 is 0 Å². The first-order valence-electron chi connectivity index (χ1n) is 9.18. The largest absolute Gasteiger partial charge is 0.502 e. The normalized spacial score (nSPS) is 24.4. The van der Waals surface area contributed by atoms with Gasteiger partial charge in [0.1, 0.15) is 17.6 Å². The molecule has 7 heteroatoms. The lowest BCUT2D eigenvalue weighted by atomic mass is 9.76.